The van der Waals surface area contributed by atoms with Crippen molar-refractivity contribution in [1.29, 1.82) is 0 Å². The third-order valence-corrected chi connectivity index (χ3v) is 5.78. The fourth-order valence-electron chi connectivity index (χ4n) is 3.25. The van der Waals surface area contributed by atoms with E-state index in [4.69, 9.17) is 0 Å². The first-order chi connectivity index (χ1) is 12.9. The molecule has 0 fully saturated rings. The van der Waals surface area contributed by atoms with Gasteiger partial charge < -0.3 is 5.32 Å². The van der Waals surface area contributed by atoms with Gasteiger partial charge in [-0.3, -0.25) is 14.2 Å². The minimum atomic E-state index is -0.241. The molecule has 0 radical (unpaired) electrons. The zero-order valence-corrected chi connectivity index (χ0v) is 16.2. The van der Waals surface area contributed by atoms with Gasteiger partial charge in [-0.05, 0) is 38.5 Å². The molecule has 0 spiro atoms. The first-order valence-corrected chi connectivity index (χ1v) is 9.51. The number of amides is 1. The number of aromatic nitrogens is 2. The van der Waals surface area contributed by atoms with Crippen LogP contribution >= 0.6 is 11.3 Å². The Hall–Kier alpha value is -2.99. The Kier molecular flexibility index (Phi) is 4.28. The van der Waals surface area contributed by atoms with E-state index >= 15 is 0 Å². The second-order valence-electron chi connectivity index (χ2n) is 6.69. The fraction of sp³-hybridized carbons (Fsp3) is 0.190. The summed E-state index contributed by atoms with van der Waals surface area (Å²) in [5.74, 6) is 0.293. The number of hydrogen-bond acceptors (Lipinski definition) is 4. The number of benzene rings is 2. The Morgan fingerprint density at radius 3 is 2.70 bits per heavy atom. The number of nitrogens with zero attached hydrogens (tertiary/aromatic N) is 2. The largest absolute Gasteiger partial charge is 0.324 e. The van der Waals surface area contributed by atoms with Gasteiger partial charge in [0.1, 0.15) is 17.1 Å². The summed E-state index contributed by atoms with van der Waals surface area (Å²) in [6, 6.07) is 13.7. The lowest BCUT2D eigenvalue weighted by molar-refractivity contribution is -0.116. The van der Waals surface area contributed by atoms with Crippen molar-refractivity contribution in [2.45, 2.75) is 27.3 Å². The highest BCUT2D eigenvalue weighted by Crippen LogP contribution is 2.30. The molecule has 0 bridgehead atoms. The Balaban J connectivity index is 1.70. The van der Waals surface area contributed by atoms with Crippen LogP contribution in [0.4, 0.5) is 5.69 Å². The van der Waals surface area contributed by atoms with Crippen LogP contribution in [-0.4, -0.2) is 15.5 Å². The van der Waals surface area contributed by atoms with Crippen LogP contribution in [0.5, 0.6) is 0 Å². The summed E-state index contributed by atoms with van der Waals surface area (Å²) in [6.45, 7) is 5.66. The number of nitrogens with one attached hydrogen (secondary N) is 1. The molecule has 1 amide bonds. The number of thiophene rings is 1. The summed E-state index contributed by atoms with van der Waals surface area (Å²) < 4.78 is 3.05. The average Bonchev–Trinajstić information content (AvgIpc) is 3.00. The van der Waals surface area contributed by atoms with Crippen molar-refractivity contribution in [1.82, 2.24) is 9.55 Å². The molecule has 136 valence electrons. The molecular formula is C21H19N3O2S. The van der Waals surface area contributed by atoms with Crippen molar-refractivity contribution in [2.24, 2.45) is 0 Å². The van der Waals surface area contributed by atoms with E-state index in [1.807, 2.05) is 56.3 Å². The summed E-state index contributed by atoms with van der Waals surface area (Å²) >= 11 is 1.42. The Labute approximate surface area is 160 Å². The van der Waals surface area contributed by atoms with Gasteiger partial charge >= 0.3 is 0 Å². The van der Waals surface area contributed by atoms with E-state index in [0.29, 0.717) is 16.0 Å². The van der Waals surface area contributed by atoms with Crippen molar-refractivity contribution in [3.05, 3.63) is 69.8 Å². The Morgan fingerprint density at radius 1 is 1.15 bits per heavy atom. The average molecular weight is 377 g/mol. The van der Waals surface area contributed by atoms with Gasteiger partial charge in [0, 0.05) is 15.8 Å². The standard InChI is InChI=1S/C21H19N3O2S/c1-12-8-9-16(13(2)10-12)23-18(25)11-24-14(3)22-19-15-6-4-5-7-17(15)27-20(19)21(24)26/h4-10H,11H2,1-3H3,(H,23,25). The SMILES string of the molecule is Cc1ccc(NC(=O)Cn2c(C)nc3c(sc4ccccc43)c2=O)c(C)c1. The van der Waals surface area contributed by atoms with E-state index in [1.165, 1.54) is 15.9 Å². The highest BCUT2D eigenvalue weighted by Gasteiger charge is 2.16. The van der Waals surface area contributed by atoms with Crippen molar-refractivity contribution in [2.75, 3.05) is 5.32 Å². The van der Waals surface area contributed by atoms with Gasteiger partial charge in [-0.15, -0.1) is 11.3 Å². The van der Waals surface area contributed by atoms with Gasteiger partial charge in [0.15, 0.2) is 0 Å². The van der Waals surface area contributed by atoms with E-state index in [0.717, 1.165) is 26.9 Å². The number of fused-ring (bicyclic) bond motifs is 3. The van der Waals surface area contributed by atoms with Crippen LogP contribution in [0.25, 0.3) is 20.3 Å². The molecule has 4 rings (SSSR count). The van der Waals surface area contributed by atoms with E-state index < -0.39 is 0 Å². The summed E-state index contributed by atoms with van der Waals surface area (Å²) in [7, 11) is 0. The molecule has 5 nitrogen and oxygen atoms in total. The molecule has 4 aromatic rings. The molecule has 27 heavy (non-hydrogen) atoms. The van der Waals surface area contributed by atoms with E-state index in [-0.39, 0.29) is 18.0 Å². The first-order valence-electron chi connectivity index (χ1n) is 8.70. The van der Waals surface area contributed by atoms with Gasteiger partial charge in [-0.1, -0.05) is 35.9 Å². The predicted octanol–water partition coefficient (Wildman–Crippen LogP) is 4.18. The number of aryl methyl sites for hydroxylation is 3. The maximum atomic E-state index is 13.0. The fourth-order valence-corrected chi connectivity index (χ4v) is 4.34. The molecule has 2 aromatic carbocycles. The molecule has 2 aromatic heterocycles. The van der Waals surface area contributed by atoms with Crippen LogP contribution in [-0.2, 0) is 11.3 Å². The lowest BCUT2D eigenvalue weighted by atomic mass is 10.1. The van der Waals surface area contributed by atoms with E-state index in [9.17, 15) is 9.59 Å². The molecule has 0 saturated heterocycles. The normalized spacial score (nSPS) is 11.2. The third-order valence-electron chi connectivity index (χ3n) is 4.63. The maximum absolute atomic E-state index is 13.0. The molecule has 0 aliphatic rings. The molecule has 0 aliphatic heterocycles. The maximum Gasteiger partial charge on any atom is 0.272 e. The number of rotatable bonds is 3. The number of carbonyl (C=O) groups excluding carboxylic acids is 1. The lowest BCUT2D eigenvalue weighted by Crippen LogP contribution is -2.29. The predicted molar refractivity (Wildman–Crippen MR) is 111 cm³/mol. The van der Waals surface area contributed by atoms with Crippen LogP contribution < -0.4 is 10.9 Å². The summed E-state index contributed by atoms with van der Waals surface area (Å²) in [5.41, 5.74) is 3.42. The second kappa shape index (κ2) is 6.63. The number of hydrogen-bond donors (Lipinski definition) is 1. The zero-order chi connectivity index (χ0) is 19.1. The topological polar surface area (TPSA) is 64.0 Å². The Morgan fingerprint density at radius 2 is 1.93 bits per heavy atom. The van der Waals surface area contributed by atoms with E-state index in [1.54, 1.807) is 6.92 Å². The van der Waals surface area contributed by atoms with Crippen molar-refractivity contribution in [3.8, 4) is 0 Å². The summed E-state index contributed by atoms with van der Waals surface area (Å²) in [6.07, 6.45) is 0. The quantitative estimate of drug-likeness (QED) is 0.583. The van der Waals surface area contributed by atoms with Crippen LogP contribution in [0.3, 0.4) is 0 Å². The monoisotopic (exact) mass is 377 g/mol. The smallest absolute Gasteiger partial charge is 0.272 e. The van der Waals surface area contributed by atoms with Crippen molar-refractivity contribution in [3.63, 3.8) is 0 Å². The first kappa shape index (κ1) is 17.4. The highest BCUT2D eigenvalue weighted by atomic mass is 32.1. The van der Waals surface area contributed by atoms with Gasteiger partial charge in [0.2, 0.25) is 5.91 Å². The minimum Gasteiger partial charge on any atom is -0.324 e. The number of carbonyl (C=O) groups is 1. The van der Waals surface area contributed by atoms with Crippen molar-refractivity contribution < 1.29 is 4.79 Å². The van der Waals surface area contributed by atoms with Crippen LogP contribution in [0.1, 0.15) is 17.0 Å². The summed E-state index contributed by atoms with van der Waals surface area (Å²) in [5, 5.41) is 3.87. The van der Waals surface area contributed by atoms with Crippen LogP contribution in [0.2, 0.25) is 0 Å². The molecule has 1 N–H and O–H groups in total. The molecule has 0 aliphatic carbocycles. The van der Waals surface area contributed by atoms with Crippen molar-refractivity contribution >= 4 is 43.2 Å². The lowest BCUT2D eigenvalue weighted by Gasteiger charge is -2.12. The van der Waals surface area contributed by atoms with Crippen LogP contribution in [0.15, 0.2) is 47.3 Å². The van der Waals surface area contributed by atoms with Gasteiger partial charge in [-0.2, -0.15) is 0 Å². The highest BCUT2D eigenvalue weighted by molar-refractivity contribution is 7.25. The molecular weight excluding hydrogens is 358 g/mol. The molecule has 0 saturated carbocycles. The summed E-state index contributed by atoms with van der Waals surface area (Å²) in [4.78, 5) is 30.1. The Bertz CT molecular complexity index is 1250. The second-order valence-corrected chi connectivity index (χ2v) is 7.75. The number of anilines is 1. The zero-order valence-electron chi connectivity index (χ0n) is 15.4. The van der Waals surface area contributed by atoms with Crippen LogP contribution in [0, 0.1) is 20.8 Å². The molecule has 2 heterocycles. The molecule has 6 heteroatoms. The molecule has 0 unspecified atom stereocenters. The van der Waals surface area contributed by atoms with E-state index in [2.05, 4.69) is 10.3 Å². The molecule has 0 atom stereocenters. The van der Waals surface area contributed by atoms with Gasteiger partial charge in [0.05, 0.1) is 5.52 Å². The minimum absolute atomic E-state index is 0.0603. The van der Waals surface area contributed by atoms with Gasteiger partial charge in [-0.25, -0.2) is 4.98 Å². The third kappa shape index (κ3) is 3.13. The van der Waals surface area contributed by atoms with Gasteiger partial charge in [0.25, 0.3) is 5.56 Å².